The number of hydrogen-bond acceptors (Lipinski definition) is 4. The lowest BCUT2D eigenvalue weighted by Crippen LogP contribution is -2.57. The van der Waals surface area contributed by atoms with Gasteiger partial charge in [0.1, 0.15) is 0 Å². The van der Waals surface area contributed by atoms with Crippen LogP contribution in [0, 0.1) is 23.2 Å². The van der Waals surface area contributed by atoms with Gasteiger partial charge in [-0.15, -0.1) is 0 Å². The third-order valence-electron chi connectivity index (χ3n) is 6.88. The van der Waals surface area contributed by atoms with E-state index in [0.717, 1.165) is 36.8 Å². The molecule has 3 atom stereocenters. The predicted octanol–water partition coefficient (Wildman–Crippen LogP) is 6.05. The van der Waals surface area contributed by atoms with Gasteiger partial charge in [0.25, 0.3) is 0 Å². The number of halogens is 1. The molecule has 0 aromatic heterocycles. The van der Waals surface area contributed by atoms with Crippen molar-refractivity contribution in [3.63, 3.8) is 0 Å². The molecule has 0 heterocycles. The summed E-state index contributed by atoms with van der Waals surface area (Å²) in [5.41, 5.74) is 1.22. The third kappa shape index (κ3) is 7.28. The summed E-state index contributed by atoms with van der Waals surface area (Å²) < 4.78 is 26.8. The number of carbonyl (C=O) groups is 1. The van der Waals surface area contributed by atoms with Gasteiger partial charge in [-0.3, -0.25) is 4.79 Å². The van der Waals surface area contributed by atoms with E-state index in [1.54, 1.807) is 7.11 Å². The summed E-state index contributed by atoms with van der Waals surface area (Å²) in [4.78, 5) is 13.2. The summed E-state index contributed by atoms with van der Waals surface area (Å²) in [6.07, 6.45) is 3.63. The smallest absolute Gasteiger partial charge is 0.311 e. The minimum Gasteiger partial charge on any atom is -0.469 e. The highest BCUT2D eigenvalue weighted by molar-refractivity contribution is 7.84. The molecule has 5 nitrogen and oxygen atoms in total. The minimum absolute atomic E-state index is 0.0985. The average Bonchev–Trinajstić information content (AvgIpc) is 2.69. The first-order chi connectivity index (χ1) is 15.6. The Morgan fingerprint density at radius 3 is 2.24 bits per heavy atom. The van der Waals surface area contributed by atoms with Crippen molar-refractivity contribution < 1.29 is 18.5 Å². The number of esters is 1. The highest BCUT2D eigenvalue weighted by Crippen LogP contribution is 2.47. The monoisotopic (exact) mass is 513 g/mol. The summed E-state index contributed by atoms with van der Waals surface area (Å²) in [7, 11) is 1.72. The van der Waals surface area contributed by atoms with E-state index in [-0.39, 0.29) is 17.3 Å². The Kier molecular flexibility index (Phi) is 9.82. The predicted molar refractivity (Wildman–Crippen MR) is 141 cm³/mol. The Bertz CT molecular complexity index is 870. The van der Waals surface area contributed by atoms with Crippen LogP contribution in [-0.4, -0.2) is 35.8 Å². The van der Waals surface area contributed by atoms with Gasteiger partial charge in [0.2, 0.25) is 0 Å². The second-order valence-corrected chi connectivity index (χ2v) is 14.5. The standard InChI is InChI=1S/C27H44ClNO4S/c1-25(2,3)13-12-19-10-11-21(16-22(19)28)27(7,29-34(31)26(4,5)6)23(24(30)33-9)20-14-18(15-20)17-32-8/h10-11,16,18,20,23,29H,12-15,17H2,1-9H3/t18?,20?,23-,27?,34-/m0/s1. The van der Waals surface area contributed by atoms with E-state index >= 15 is 0 Å². The van der Waals surface area contributed by atoms with Crippen LogP contribution in [0.2, 0.25) is 5.02 Å². The third-order valence-corrected chi connectivity index (χ3v) is 8.95. The highest BCUT2D eigenvalue weighted by Gasteiger charge is 2.51. The summed E-state index contributed by atoms with van der Waals surface area (Å²) in [5.74, 6) is -0.285. The molecule has 0 radical (unpaired) electrons. The zero-order chi connectivity index (χ0) is 25.9. The highest BCUT2D eigenvalue weighted by atomic mass is 35.5. The van der Waals surface area contributed by atoms with Crippen LogP contribution >= 0.6 is 11.6 Å². The second-order valence-electron chi connectivity index (χ2n) is 12.1. The molecule has 1 aromatic carbocycles. The zero-order valence-corrected chi connectivity index (χ0v) is 24.0. The van der Waals surface area contributed by atoms with Gasteiger partial charge >= 0.3 is 5.97 Å². The SMILES string of the molecule is COCC1CC([C@@H](C(=O)OC)C(C)(N[S@@](=O)C(C)(C)C)c2ccc(CCC(C)(C)C)c(Cl)c2)C1. The number of benzene rings is 1. The van der Waals surface area contributed by atoms with Gasteiger partial charge < -0.3 is 9.47 Å². The fourth-order valence-electron chi connectivity index (χ4n) is 4.69. The van der Waals surface area contributed by atoms with Gasteiger partial charge in [0.15, 0.2) is 0 Å². The van der Waals surface area contributed by atoms with Crippen molar-refractivity contribution in [1.29, 1.82) is 0 Å². The molecule has 0 amide bonds. The molecule has 1 aromatic rings. The number of carbonyl (C=O) groups excluding carboxylic acids is 1. The molecule has 0 saturated heterocycles. The van der Waals surface area contributed by atoms with E-state index in [9.17, 15) is 9.00 Å². The number of hydrogen-bond donors (Lipinski definition) is 1. The van der Waals surface area contributed by atoms with Gasteiger partial charge in [0, 0.05) is 18.7 Å². The fraction of sp³-hybridized carbons (Fsp3) is 0.741. The molecule has 0 bridgehead atoms. The summed E-state index contributed by atoms with van der Waals surface area (Å²) in [6.45, 7) is 15.1. The van der Waals surface area contributed by atoms with E-state index in [4.69, 9.17) is 21.1 Å². The van der Waals surface area contributed by atoms with E-state index in [1.807, 2.05) is 45.9 Å². The molecule has 0 aliphatic heterocycles. The lowest BCUT2D eigenvalue weighted by Gasteiger charge is -2.47. The Hall–Kier alpha value is -0.950. The molecule has 1 N–H and O–H groups in total. The quantitative estimate of drug-likeness (QED) is 0.387. The van der Waals surface area contributed by atoms with Crippen LogP contribution in [0.25, 0.3) is 0 Å². The number of rotatable bonds is 10. The topological polar surface area (TPSA) is 64.6 Å². The minimum atomic E-state index is -1.41. The average molecular weight is 514 g/mol. The van der Waals surface area contributed by atoms with Gasteiger partial charge in [0.05, 0.1) is 34.3 Å². The molecule has 1 aliphatic carbocycles. The molecule has 1 fully saturated rings. The van der Waals surface area contributed by atoms with Gasteiger partial charge in [-0.1, -0.05) is 44.5 Å². The van der Waals surface area contributed by atoms with Crippen LogP contribution in [0.3, 0.4) is 0 Å². The van der Waals surface area contributed by atoms with E-state index in [0.29, 0.717) is 17.5 Å². The van der Waals surface area contributed by atoms with Crippen LogP contribution in [0.4, 0.5) is 0 Å². The Morgan fingerprint density at radius 1 is 1.15 bits per heavy atom. The van der Waals surface area contributed by atoms with E-state index < -0.39 is 27.2 Å². The van der Waals surface area contributed by atoms with Crippen molar-refractivity contribution in [2.75, 3.05) is 20.8 Å². The summed E-state index contributed by atoms with van der Waals surface area (Å²) >= 11 is 6.76. The van der Waals surface area contributed by atoms with Crippen LogP contribution in [0.1, 0.15) is 78.9 Å². The van der Waals surface area contributed by atoms with Crippen molar-refractivity contribution in [1.82, 2.24) is 4.72 Å². The molecule has 34 heavy (non-hydrogen) atoms. The first kappa shape index (κ1) is 29.3. The molecule has 7 heteroatoms. The number of nitrogens with one attached hydrogen (secondary N) is 1. The lowest BCUT2D eigenvalue weighted by atomic mass is 9.62. The molecule has 0 spiro atoms. The summed E-state index contributed by atoms with van der Waals surface area (Å²) in [5, 5.41) is 0.672. The lowest BCUT2D eigenvalue weighted by molar-refractivity contribution is -0.154. The van der Waals surface area contributed by atoms with Crippen LogP contribution in [-0.2, 0) is 37.2 Å². The normalized spacial score (nSPS) is 22.4. The fourth-order valence-corrected chi connectivity index (χ4v) is 5.90. The molecule has 1 unspecified atom stereocenters. The molecular formula is C27H44ClNO4S. The number of ether oxygens (including phenoxy) is 2. The second kappa shape index (κ2) is 11.4. The number of aryl methyl sites for hydroxylation is 1. The van der Waals surface area contributed by atoms with Gasteiger partial charge in [-0.05, 0) is 87.8 Å². The molecule has 1 aliphatic rings. The van der Waals surface area contributed by atoms with Gasteiger partial charge in [-0.2, -0.15) is 0 Å². The van der Waals surface area contributed by atoms with Crippen LogP contribution in [0.15, 0.2) is 18.2 Å². The maximum Gasteiger partial charge on any atom is 0.311 e. The van der Waals surface area contributed by atoms with Crippen LogP contribution < -0.4 is 4.72 Å². The Balaban J connectivity index is 2.49. The molecule has 2 rings (SSSR count). The van der Waals surface area contributed by atoms with Crippen molar-refractivity contribution in [2.45, 2.75) is 84.4 Å². The maximum atomic E-state index is 13.3. The van der Waals surface area contributed by atoms with E-state index in [1.165, 1.54) is 7.11 Å². The Labute approximate surface area is 214 Å². The molecule has 1 saturated carbocycles. The number of methoxy groups -OCH3 is 2. The van der Waals surface area contributed by atoms with E-state index in [2.05, 4.69) is 25.5 Å². The van der Waals surface area contributed by atoms with Crippen molar-refractivity contribution in [3.05, 3.63) is 34.3 Å². The van der Waals surface area contributed by atoms with Crippen molar-refractivity contribution in [3.8, 4) is 0 Å². The zero-order valence-electron chi connectivity index (χ0n) is 22.4. The maximum absolute atomic E-state index is 13.3. The molecular weight excluding hydrogens is 470 g/mol. The first-order valence-electron chi connectivity index (χ1n) is 12.2. The largest absolute Gasteiger partial charge is 0.469 e. The van der Waals surface area contributed by atoms with Gasteiger partial charge in [-0.25, -0.2) is 8.93 Å². The van der Waals surface area contributed by atoms with Crippen molar-refractivity contribution in [2.24, 2.45) is 23.2 Å². The van der Waals surface area contributed by atoms with Crippen LogP contribution in [0.5, 0.6) is 0 Å². The summed E-state index contributed by atoms with van der Waals surface area (Å²) in [6, 6.07) is 6.01. The Morgan fingerprint density at radius 2 is 1.76 bits per heavy atom. The first-order valence-corrected chi connectivity index (χ1v) is 13.7. The molecule has 194 valence electrons. The van der Waals surface area contributed by atoms with Crippen molar-refractivity contribution >= 4 is 28.6 Å².